The Bertz CT molecular complexity index is 281. The van der Waals surface area contributed by atoms with Gasteiger partial charge in [-0.1, -0.05) is 23.7 Å². The van der Waals surface area contributed by atoms with Crippen LogP contribution in [0.2, 0.25) is 5.02 Å². The molecule has 0 saturated carbocycles. The third kappa shape index (κ3) is 1.85. The van der Waals surface area contributed by atoms with Crippen LogP contribution < -0.4 is 5.32 Å². The van der Waals surface area contributed by atoms with Gasteiger partial charge in [-0.05, 0) is 17.7 Å². The first-order valence-electron chi connectivity index (χ1n) is 4.41. The molecular weight excluding hydrogens is 186 g/mol. The van der Waals surface area contributed by atoms with E-state index in [1.54, 1.807) is 0 Å². The quantitative estimate of drug-likeness (QED) is 0.755. The molecule has 0 aromatic heterocycles. The Morgan fingerprint density at radius 1 is 1.31 bits per heavy atom. The predicted octanol–water partition coefficient (Wildman–Crippen LogP) is 1.59. The summed E-state index contributed by atoms with van der Waals surface area (Å²) >= 11 is 5.75. The average molecular weight is 198 g/mol. The van der Waals surface area contributed by atoms with Crippen molar-refractivity contribution in [3.8, 4) is 0 Å². The molecule has 1 aromatic rings. The number of aliphatic hydroxyl groups excluding tert-OH is 1. The molecule has 13 heavy (non-hydrogen) atoms. The van der Waals surface area contributed by atoms with Crippen LogP contribution in [0.3, 0.4) is 0 Å². The van der Waals surface area contributed by atoms with Gasteiger partial charge in [-0.25, -0.2) is 0 Å². The van der Waals surface area contributed by atoms with Crippen molar-refractivity contribution in [2.75, 3.05) is 13.1 Å². The molecule has 1 aliphatic heterocycles. The maximum atomic E-state index is 9.85. The largest absolute Gasteiger partial charge is 0.388 e. The Balaban J connectivity index is 2.10. The maximum absolute atomic E-state index is 9.85. The zero-order valence-corrected chi connectivity index (χ0v) is 7.96. The van der Waals surface area contributed by atoms with Crippen molar-refractivity contribution in [3.05, 3.63) is 34.9 Å². The van der Waals surface area contributed by atoms with Gasteiger partial charge in [-0.3, -0.25) is 0 Å². The van der Waals surface area contributed by atoms with E-state index in [1.807, 2.05) is 24.3 Å². The van der Waals surface area contributed by atoms with E-state index in [1.165, 1.54) is 0 Å². The molecule has 0 radical (unpaired) electrons. The molecule has 2 rings (SSSR count). The Morgan fingerprint density at radius 2 is 1.92 bits per heavy atom. The molecule has 1 atom stereocenters. The van der Waals surface area contributed by atoms with Gasteiger partial charge in [-0.15, -0.1) is 0 Å². The summed E-state index contributed by atoms with van der Waals surface area (Å²) < 4.78 is 0. The zero-order valence-electron chi connectivity index (χ0n) is 7.20. The fourth-order valence-corrected chi connectivity index (χ4v) is 1.59. The fraction of sp³-hybridized carbons (Fsp3) is 0.400. The highest BCUT2D eigenvalue weighted by Gasteiger charge is 2.26. The van der Waals surface area contributed by atoms with E-state index in [-0.39, 0.29) is 6.10 Å². The molecule has 3 heteroatoms. The molecule has 0 aliphatic carbocycles. The van der Waals surface area contributed by atoms with Gasteiger partial charge < -0.3 is 10.4 Å². The summed E-state index contributed by atoms with van der Waals surface area (Å²) in [6, 6.07) is 7.38. The van der Waals surface area contributed by atoms with Crippen LogP contribution >= 0.6 is 11.6 Å². The van der Waals surface area contributed by atoms with E-state index in [0.717, 1.165) is 18.7 Å². The summed E-state index contributed by atoms with van der Waals surface area (Å²) in [4.78, 5) is 0. The number of benzene rings is 1. The molecule has 0 bridgehead atoms. The molecule has 0 amide bonds. The first-order chi connectivity index (χ1) is 6.27. The Kier molecular flexibility index (Phi) is 2.54. The summed E-state index contributed by atoms with van der Waals surface area (Å²) in [6.07, 6.45) is -0.349. The summed E-state index contributed by atoms with van der Waals surface area (Å²) in [7, 11) is 0. The predicted molar refractivity (Wildman–Crippen MR) is 52.8 cm³/mol. The van der Waals surface area contributed by atoms with Crippen molar-refractivity contribution < 1.29 is 5.11 Å². The summed E-state index contributed by atoms with van der Waals surface area (Å²) in [5.74, 6) is 0.362. The Labute approximate surface area is 82.5 Å². The van der Waals surface area contributed by atoms with Crippen LogP contribution in [0.1, 0.15) is 11.7 Å². The summed E-state index contributed by atoms with van der Waals surface area (Å²) in [5.41, 5.74) is 0.955. The lowest BCUT2D eigenvalue weighted by atomic mass is 9.91. The average Bonchev–Trinajstić information content (AvgIpc) is 2.02. The molecule has 1 heterocycles. The van der Waals surface area contributed by atoms with Gasteiger partial charge in [0.2, 0.25) is 0 Å². The number of halogens is 1. The van der Waals surface area contributed by atoms with E-state index >= 15 is 0 Å². The van der Waals surface area contributed by atoms with Gasteiger partial charge in [-0.2, -0.15) is 0 Å². The van der Waals surface area contributed by atoms with Crippen molar-refractivity contribution in [2.24, 2.45) is 5.92 Å². The molecule has 1 fully saturated rings. The van der Waals surface area contributed by atoms with Crippen LogP contribution in [0.4, 0.5) is 0 Å². The second-order valence-corrected chi connectivity index (χ2v) is 3.85. The first kappa shape index (κ1) is 9.00. The number of hydrogen-bond acceptors (Lipinski definition) is 2. The van der Waals surface area contributed by atoms with E-state index in [4.69, 9.17) is 11.6 Å². The number of hydrogen-bond donors (Lipinski definition) is 2. The summed E-state index contributed by atoms with van der Waals surface area (Å²) in [5, 5.41) is 13.7. The number of nitrogens with one attached hydrogen (secondary N) is 1. The van der Waals surface area contributed by atoms with Gasteiger partial charge in [0.05, 0.1) is 6.10 Å². The fourth-order valence-electron chi connectivity index (χ4n) is 1.47. The third-order valence-electron chi connectivity index (χ3n) is 2.47. The lowest BCUT2D eigenvalue weighted by Crippen LogP contribution is -2.45. The maximum Gasteiger partial charge on any atom is 0.0842 e. The normalized spacial score (nSPS) is 19.5. The Morgan fingerprint density at radius 3 is 2.38 bits per heavy atom. The van der Waals surface area contributed by atoms with E-state index < -0.39 is 0 Å². The first-order valence-corrected chi connectivity index (χ1v) is 4.79. The standard InChI is InChI=1S/C10H12ClNO/c11-9-3-1-7(2-4-9)10(13)8-5-12-6-8/h1-4,8,10,12-13H,5-6H2/t10-/m1/s1. The van der Waals surface area contributed by atoms with Gasteiger partial charge in [0.1, 0.15) is 0 Å². The van der Waals surface area contributed by atoms with Gasteiger partial charge in [0, 0.05) is 24.0 Å². The SMILES string of the molecule is O[C@H](c1ccc(Cl)cc1)C1CNC1. The Hall–Kier alpha value is -0.570. The van der Waals surface area contributed by atoms with Crippen LogP contribution in [0.5, 0.6) is 0 Å². The lowest BCUT2D eigenvalue weighted by molar-refractivity contribution is 0.0767. The van der Waals surface area contributed by atoms with Crippen molar-refractivity contribution in [1.82, 2.24) is 5.32 Å². The van der Waals surface area contributed by atoms with Gasteiger partial charge >= 0.3 is 0 Å². The van der Waals surface area contributed by atoms with Crippen molar-refractivity contribution in [2.45, 2.75) is 6.10 Å². The van der Waals surface area contributed by atoms with Crippen LogP contribution in [0.15, 0.2) is 24.3 Å². The van der Waals surface area contributed by atoms with Crippen molar-refractivity contribution >= 4 is 11.6 Å². The minimum atomic E-state index is -0.349. The number of aliphatic hydroxyl groups is 1. The highest BCUT2D eigenvalue weighted by molar-refractivity contribution is 6.30. The molecule has 70 valence electrons. The number of rotatable bonds is 2. The van der Waals surface area contributed by atoms with Crippen molar-refractivity contribution in [3.63, 3.8) is 0 Å². The second-order valence-electron chi connectivity index (χ2n) is 3.41. The molecule has 0 unspecified atom stereocenters. The molecule has 1 saturated heterocycles. The molecule has 1 aromatic carbocycles. The molecule has 1 aliphatic rings. The van der Waals surface area contributed by atoms with Crippen LogP contribution in [0, 0.1) is 5.92 Å². The lowest BCUT2D eigenvalue weighted by Gasteiger charge is -2.31. The highest BCUT2D eigenvalue weighted by atomic mass is 35.5. The molecule has 2 nitrogen and oxygen atoms in total. The highest BCUT2D eigenvalue weighted by Crippen LogP contribution is 2.25. The topological polar surface area (TPSA) is 32.3 Å². The molecule has 2 N–H and O–H groups in total. The monoisotopic (exact) mass is 197 g/mol. The van der Waals surface area contributed by atoms with Crippen LogP contribution in [0.25, 0.3) is 0 Å². The van der Waals surface area contributed by atoms with E-state index in [9.17, 15) is 5.11 Å². The summed E-state index contributed by atoms with van der Waals surface area (Å²) in [6.45, 7) is 1.81. The zero-order chi connectivity index (χ0) is 9.26. The van der Waals surface area contributed by atoms with Gasteiger partial charge in [0.15, 0.2) is 0 Å². The smallest absolute Gasteiger partial charge is 0.0842 e. The van der Waals surface area contributed by atoms with Gasteiger partial charge in [0.25, 0.3) is 0 Å². The van der Waals surface area contributed by atoms with Crippen LogP contribution in [-0.4, -0.2) is 18.2 Å². The van der Waals surface area contributed by atoms with E-state index in [2.05, 4.69) is 5.32 Å². The third-order valence-corrected chi connectivity index (χ3v) is 2.72. The second kappa shape index (κ2) is 3.66. The minimum absolute atomic E-state index is 0.349. The van der Waals surface area contributed by atoms with Crippen molar-refractivity contribution in [1.29, 1.82) is 0 Å². The molecule has 0 spiro atoms. The van der Waals surface area contributed by atoms with E-state index in [0.29, 0.717) is 10.9 Å². The molecular formula is C10H12ClNO. The van der Waals surface area contributed by atoms with Crippen LogP contribution in [-0.2, 0) is 0 Å². The minimum Gasteiger partial charge on any atom is -0.388 e.